The molecule has 1 rings (SSSR count). The third kappa shape index (κ3) is 2.69. The first kappa shape index (κ1) is 11.5. The Morgan fingerprint density at radius 1 is 1.50 bits per heavy atom. The van der Waals surface area contributed by atoms with E-state index in [2.05, 4.69) is 0 Å². The predicted octanol–water partition coefficient (Wildman–Crippen LogP) is 0.441. The Hall–Kier alpha value is -0.610. The molecule has 0 bridgehead atoms. The first-order chi connectivity index (χ1) is 6.69. The van der Waals surface area contributed by atoms with Crippen molar-refractivity contribution in [3.8, 4) is 0 Å². The fourth-order valence-electron chi connectivity index (χ4n) is 2.00. The van der Waals surface area contributed by atoms with Crippen LogP contribution in [0.2, 0.25) is 0 Å². The van der Waals surface area contributed by atoms with Crippen molar-refractivity contribution in [3.63, 3.8) is 0 Å². The lowest BCUT2D eigenvalue weighted by Crippen LogP contribution is -2.47. The summed E-state index contributed by atoms with van der Waals surface area (Å²) >= 11 is 0. The highest BCUT2D eigenvalue weighted by Crippen LogP contribution is 2.16. The molecule has 1 aliphatic rings. The van der Waals surface area contributed by atoms with Gasteiger partial charge in [0, 0.05) is 26.2 Å². The average molecular weight is 199 g/mol. The van der Waals surface area contributed by atoms with E-state index in [0.717, 1.165) is 39.0 Å². The standard InChI is InChI=1S/C10H21N3O/c1-3-12(4-2)10(14)9-6-5-7-13(11)8-9/h9H,3-8,11H2,1-2H3. The van der Waals surface area contributed by atoms with Crippen molar-refractivity contribution in [3.05, 3.63) is 0 Å². The predicted molar refractivity (Wildman–Crippen MR) is 56.4 cm³/mol. The minimum absolute atomic E-state index is 0.119. The maximum atomic E-state index is 11.9. The third-order valence-corrected chi connectivity index (χ3v) is 2.88. The second-order valence-electron chi connectivity index (χ2n) is 3.84. The number of hydrogen-bond donors (Lipinski definition) is 1. The number of nitrogens with zero attached hydrogens (tertiary/aromatic N) is 2. The zero-order chi connectivity index (χ0) is 10.6. The Labute approximate surface area is 86.0 Å². The molecular weight excluding hydrogens is 178 g/mol. The number of piperidine rings is 1. The molecule has 1 unspecified atom stereocenters. The number of hydrazine groups is 1. The number of carbonyl (C=O) groups excluding carboxylic acids is 1. The van der Waals surface area contributed by atoms with Gasteiger partial charge in [0.25, 0.3) is 0 Å². The molecule has 1 heterocycles. The Balaban J connectivity index is 2.50. The van der Waals surface area contributed by atoms with Crippen LogP contribution < -0.4 is 5.84 Å². The van der Waals surface area contributed by atoms with Gasteiger partial charge in [0.2, 0.25) is 5.91 Å². The summed E-state index contributed by atoms with van der Waals surface area (Å²) in [5.74, 6) is 6.10. The second-order valence-corrected chi connectivity index (χ2v) is 3.84. The van der Waals surface area contributed by atoms with E-state index in [-0.39, 0.29) is 11.8 Å². The van der Waals surface area contributed by atoms with Crippen molar-refractivity contribution in [2.24, 2.45) is 11.8 Å². The summed E-state index contributed by atoms with van der Waals surface area (Å²) in [4.78, 5) is 13.8. The van der Waals surface area contributed by atoms with E-state index >= 15 is 0 Å². The molecule has 1 amide bonds. The van der Waals surface area contributed by atoms with Gasteiger partial charge >= 0.3 is 0 Å². The summed E-state index contributed by atoms with van der Waals surface area (Å²) in [5, 5.41) is 1.76. The zero-order valence-electron chi connectivity index (χ0n) is 9.20. The van der Waals surface area contributed by atoms with Crippen LogP contribution in [0.15, 0.2) is 0 Å². The molecule has 1 saturated heterocycles. The number of nitrogens with two attached hydrogens (primary N) is 1. The van der Waals surface area contributed by atoms with Crippen molar-refractivity contribution < 1.29 is 4.79 Å². The van der Waals surface area contributed by atoms with Crippen LogP contribution in [0, 0.1) is 5.92 Å². The molecule has 0 radical (unpaired) electrons. The lowest BCUT2D eigenvalue weighted by Gasteiger charge is -2.31. The molecule has 14 heavy (non-hydrogen) atoms. The SMILES string of the molecule is CCN(CC)C(=O)C1CCCN(N)C1. The van der Waals surface area contributed by atoms with E-state index in [4.69, 9.17) is 5.84 Å². The lowest BCUT2D eigenvalue weighted by atomic mass is 9.97. The summed E-state index contributed by atoms with van der Waals surface area (Å²) in [7, 11) is 0. The van der Waals surface area contributed by atoms with Gasteiger partial charge in [0.05, 0.1) is 5.92 Å². The van der Waals surface area contributed by atoms with Crippen molar-refractivity contribution in [2.45, 2.75) is 26.7 Å². The number of rotatable bonds is 3. The molecule has 1 aliphatic heterocycles. The highest BCUT2D eigenvalue weighted by Gasteiger charge is 2.26. The fourth-order valence-corrected chi connectivity index (χ4v) is 2.00. The summed E-state index contributed by atoms with van der Waals surface area (Å²) in [5.41, 5.74) is 0. The largest absolute Gasteiger partial charge is 0.343 e. The van der Waals surface area contributed by atoms with Crippen molar-refractivity contribution in [1.82, 2.24) is 9.91 Å². The van der Waals surface area contributed by atoms with Crippen LogP contribution in [-0.4, -0.2) is 42.0 Å². The summed E-state index contributed by atoms with van der Waals surface area (Å²) < 4.78 is 0. The maximum Gasteiger partial charge on any atom is 0.227 e. The summed E-state index contributed by atoms with van der Waals surface area (Å²) in [6.45, 7) is 7.28. The highest BCUT2D eigenvalue weighted by atomic mass is 16.2. The summed E-state index contributed by atoms with van der Waals surface area (Å²) in [6.07, 6.45) is 2.03. The molecule has 0 aliphatic carbocycles. The molecule has 0 spiro atoms. The minimum atomic E-state index is 0.119. The van der Waals surface area contributed by atoms with Crippen molar-refractivity contribution >= 4 is 5.91 Å². The Bertz CT molecular complexity index is 192. The van der Waals surface area contributed by atoms with Crippen LogP contribution in [0.1, 0.15) is 26.7 Å². The minimum Gasteiger partial charge on any atom is -0.343 e. The number of carbonyl (C=O) groups is 1. The lowest BCUT2D eigenvalue weighted by molar-refractivity contribution is -0.137. The number of hydrogen-bond acceptors (Lipinski definition) is 3. The van der Waals surface area contributed by atoms with Gasteiger partial charge in [-0.3, -0.25) is 10.6 Å². The van der Waals surface area contributed by atoms with Gasteiger partial charge in [-0.1, -0.05) is 0 Å². The Morgan fingerprint density at radius 3 is 2.64 bits per heavy atom. The molecule has 1 fully saturated rings. The molecule has 0 aromatic carbocycles. The first-order valence-corrected chi connectivity index (χ1v) is 5.47. The highest BCUT2D eigenvalue weighted by molar-refractivity contribution is 5.79. The molecule has 2 N–H and O–H groups in total. The van der Waals surface area contributed by atoms with Crippen LogP contribution >= 0.6 is 0 Å². The Kier molecular flexibility index (Phi) is 4.35. The molecular formula is C10H21N3O. The van der Waals surface area contributed by atoms with Gasteiger partial charge < -0.3 is 4.90 Å². The molecule has 4 heteroatoms. The monoisotopic (exact) mass is 199 g/mol. The van der Waals surface area contributed by atoms with Crippen molar-refractivity contribution in [1.29, 1.82) is 0 Å². The van der Waals surface area contributed by atoms with Crippen LogP contribution in [0.5, 0.6) is 0 Å². The van der Waals surface area contributed by atoms with E-state index in [1.807, 2.05) is 18.7 Å². The van der Waals surface area contributed by atoms with Gasteiger partial charge in [-0.05, 0) is 26.7 Å². The zero-order valence-corrected chi connectivity index (χ0v) is 9.20. The van der Waals surface area contributed by atoms with E-state index in [0.29, 0.717) is 0 Å². The normalized spacial score (nSPS) is 23.5. The van der Waals surface area contributed by atoms with Gasteiger partial charge in [0.1, 0.15) is 0 Å². The van der Waals surface area contributed by atoms with Crippen LogP contribution in [-0.2, 0) is 4.79 Å². The quantitative estimate of drug-likeness (QED) is 0.671. The molecule has 0 aromatic rings. The Morgan fingerprint density at radius 2 is 2.14 bits per heavy atom. The smallest absolute Gasteiger partial charge is 0.227 e. The second kappa shape index (κ2) is 5.32. The topological polar surface area (TPSA) is 49.6 Å². The average Bonchev–Trinajstić information content (AvgIpc) is 2.19. The van der Waals surface area contributed by atoms with Crippen molar-refractivity contribution in [2.75, 3.05) is 26.2 Å². The molecule has 4 nitrogen and oxygen atoms in total. The fraction of sp³-hybridized carbons (Fsp3) is 0.900. The van der Waals surface area contributed by atoms with Crippen LogP contribution in [0.3, 0.4) is 0 Å². The van der Waals surface area contributed by atoms with Gasteiger partial charge in [-0.2, -0.15) is 0 Å². The molecule has 0 saturated carbocycles. The maximum absolute atomic E-state index is 11.9. The first-order valence-electron chi connectivity index (χ1n) is 5.47. The molecule has 0 aromatic heterocycles. The van der Waals surface area contributed by atoms with Gasteiger partial charge in [-0.25, -0.2) is 5.01 Å². The molecule has 1 atom stereocenters. The van der Waals surface area contributed by atoms with Crippen LogP contribution in [0.25, 0.3) is 0 Å². The number of amides is 1. The van der Waals surface area contributed by atoms with E-state index in [9.17, 15) is 4.79 Å². The van der Waals surface area contributed by atoms with Crippen LogP contribution in [0.4, 0.5) is 0 Å². The summed E-state index contributed by atoms with van der Waals surface area (Å²) in [6, 6.07) is 0. The third-order valence-electron chi connectivity index (χ3n) is 2.88. The van der Waals surface area contributed by atoms with E-state index < -0.39 is 0 Å². The van der Waals surface area contributed by atoms with E-state index in [1.54, 1.807) is 5.01 Å². The van der Waals surface area contributed by atoms with Gasteiger partial charge in [-0.15, -0.1) is 0 Å². The van der Waals surface area contributed by atoms with Gasteiger partial charge in [0.15, 0.2) is 0 Å². The molecule has 82 valence electrons. The van der Waals surface area contributed by atoms with E-state index in [1.165, 1.54) is 0 Å².